The molecule has 122 valence electrons. The zero-order valence-corrected chi connectivity index (χ0v) is 14.7. The molecule has 1 aliphatic heterocycles. The van der Waals surface area contributed by atoms with Crippen molar-refractivity contribution >= 4 is 5.78 Å². The molecule has 0 N–H and O–H groups in total. The monoisotopic (exact) mass is 302 g/mol. The molecule has 0 aromatic carbocycles. The SMILES string of the molecule is C/C1=C/CC[C@@]2(C)O[C@H]2/C=C(/C(C)C)C(=O)C/C(C)=C\CC1. The molecule has 0 saturated carbocycles. The number of hydrogen-bond acceptors (Lipinski definition) is 2. The Kier molecular flexibility index (Phi) is 5.44. The number of ketones is 1. The second kappa shape index (κ2) is 6.95. The Morgan fingerprint density at radius 3 is 2.55 bits per heavy atom. The summed E-state index contributed by atoms with van der Waals surface area (Å²) in [6.45, 7) is 10.6. The van der Waals surface area contributed by atoms with Crippen LogP contribution >= 0.6 is 0 Å². The van der Waals surface area contributed by atoms with Gasteiger partial charge in [-0.3, -0.25) is 4.79 Å². The number of fused-ring (bicyclic) bond motifs is 1. The maximum absolute atomic E-state index is 12.6. The summed E-state index contributed by atoms with van der Waals surface area (Å²) in [5.74, 6) is 0.509. The predicted octanol–water partition coefficient (Wildman–Crippen LogP) is 5.15. The summed E-state index contributed by atoms with van der Waals surface area (Å²) in [5, 5.41) is 0. The average molecular weight is 302 g/mol. The fraction of sp³-hybridized carbons (Fsp3) is 0.650. The first-order chi connectivity index (χ1) is 10.3. The maximum atomic E-state index is 12.6. The van der Waals surface area contributed by atoms with E-state index < -0.39 is 0 Å². The molecule has 2 heteroatoms. The number of epoxide rings is 1. The fourth-order valence-corrected chi connectivity index (χ4v) is 3.12. The first-order valence-corrected chi connectivity index (χ1v) is 8.56. The lowest BCUT2D eigenvalue weighted by Crippen LogP contribution is -2.13. The van der Waals surface area contributed by atoms with E-state index in [1.165, 1.54) is 11.1 Å². The van der Waals surface area contributed by atoms with Crippen LogP contribution in [0.5, 0.6) is 0 Å². The molecule has 0 aromatic heterocycles. The van der Waals surface area contributed by atoms with Gasteiger partial charge in [-0.2, -0.15) is 0 Å². The van der Waals surface area contributed by atoms with Crippen LogP contribution < -0.4 is 0 Å². The van der Waals surface area contributed by atoms with Crippen molar-refractivity contribution in [2.24, 2.45) is 5.92 Å². The molecule has 2 rings (SSSR count). The standard InChI is InChI=1S/C20H30O2/c1-14(2)17-13-19-20(5,22-19)11-7-10-15(3)8-6-9-16(4)12-18(17)21/h9-10,13-14,19H,6-8,11-12H2,1-5H3/b15-10-,16-9-,17-13-/t19-,20+/m0/s1. The van der Waals surface area contributed by atoms with Gasteiger partial charge in [0.05, 0.1) is 5.60 Å². The molecule has 0 unspecified atom stereocenters. The highest BCUT2D eigenvalue weighted by atomic mass is 16.6. The molecule has 2 aliphatic rings. The molecule has 0 amide bonds. The Hall–Kier alpha value is -1.15. The van der Waals surface area contributed by atoms with Crippen molar-refractivity contribution in [3.63, 3.8) is 0 Å². The molecular weight excluding hydrogens is 272 g/mol. The zero-order chi connectivity index (χ0) is 16.3. The third kappa shape index (κ3) is 4.42. The summed E-state index contributed by atoms with van der Waals surface area (Å²) in [4.78, 5) is 12.6. The highest BCUT2D eigenvalue weighted by Gasteiger charge is 2.50. The first-order valence-electron chi connectivity index (χ1n) is 8.56. The van der Waals surface area contributed by atoms with Crippen molar-refractivity contribution in [3.8, 4) is 0 Å². The van der Waals surface area contributed by atoms with Crippen molar-refractivity contribution in [2.75, 3.05) is 0 Å². The lowest BCUT2D eigenvalue weighted by atomic mass is 9.90. The second-order valence-corrected chi connectivity index (χ2v) is 7.41. The Morgan fingerprint density at radius 2 is 1.86 bits per heavy atom. The van der Waals surface area contributed by atoms with E-state index in [0.29, 0.717) is 6.42 Å². The van der Waals surface area contributed by atoms with Crippen LogP contribution in [0.25, 0.3) is 0 Å². The molecule has 0 radical (unpaired) electrons. The minimum atomic E-state index is -0.0772. The Bertz CT molecular complexity index is 522. The molecule has 2 nitrogen and oxygen atoms in total. The average Bonchev–Trinajstić information content (AvgIpc) is 3.05. The van der Waals surface area contributed by atoms with E-state index in [2.05, 4.69) is 52.8 Å². The van der Waals surface area contributed by atoms with Gasteiger partial charge < -0.3 is 4.74 Å². The summed E-state index contributed by atoms with van der Waals surface area (Å²) >= 11 is 0. The summed E-state index contributed by atoms with van der Waals surface area (Å²) in [7, 11) is 0. The van der Waals surface area contributed by atoms with Gasteiger partial charge in [0.15, 0.2) is 5.78 Å². The third-order valence-corrected chi connectivity index (χ3v) is 4.82. The first kappa shape index (κ1) is 17.2. The van der Waals surface area contributed by atoms with E-state index in [4.69, 9.17) is 4.74 Å². The summed E-state index contributed by atoms with van der Waals surface area (Å²) < 4.78 is 5.90. The largest absolute Gasteiger partial charge is 0.362 e. The molecule has 1 heterocycles. The van der Waals surface area contributed by atoms with Crippen LogP contribution in [-0.2, 0) is 9.53 Å². The van der Waals surface area contributed by atoms with Crippen LogP contribution in [0.1, 0.15) is 66.7 Å². The fourth-order valence-electron chi connectivity index (χ4n) is 3.12. The van der Waals surface area contributed by atoms with Gasteiger partial charge >= 0.3 is 0 Å². The van der Waals surface area contributed by atoms with Crippen LogP contribution in [0.2, 0.25) is 0 Å². The highest BCUT2D eigenvalue weighted by Crippen LogP contribution is 2.42. The van der Waals surface area contributed by atoms with Gasteiger partial charge in [0.25, 0.3) is 0 Å². The molecule has 1 fully saturated rings. The van der Waals surface area contributed by atoms with E-state index in [1.54, 1.807) is 0 Å². The molecular formula is C20H30O2. The smallest absolute Gasteiger partial charge is 0.162 e. The highest BCUT2D eigenvalue weighted by molar-refractivity contribution is 5.97. The number of rotatable bonds is 1. The molecule has 0 aromatic rings. The van der Waals surface area contributed by atoms with Crippen LogP contribution in [0, 0.1) is 5.92 Å². The van der Waals surface area contributed by atoms with Gasteiger partial charge in [-0.15, -0.1) is 0 Å². The summed E-state index contributed by atoms with van der Waals surface area (Å²) in [5.41, 5.74) is 3.48. The second-order valence-electron chi connectivity index (χ2n) is 7.41. The van der Waals surface area contributed by atoms with Crippen LogP contribution in [0.4, 0.5) is 0 Å². The number of carbonyl (C=O) groups is 1. The van der Waals surface area contributed by atoms with Gasteiger partial charge in [-0.25, -0.2) is 0 Å². The van der Waals surface area contributed by atoms with Crippen molar-refractivity contribution in [3.05, 3.63) is 34.9 Å². The van der Waals surface area contributed by atoms with Gasteiger partial charge in [-0.1, -0.05) is 37.1 Å². The van der Waals surface area contributed by atoms with Gasteiger partial charge in [0.1, 0.15) is 6.10 Å². The van der Waals surface area contributed by atoms with Crippen molar-refractivity contribution in [1.82, 2.24) is 0 Å². The third-order valence-electron chi connectivity index (χ3n) is 4.82. The molecule has 1 saturated heterocycles. The zero-order valence-electron chi connectivity index (χ0n) is 14.7. The molecule has 1 aliphatic carbocycles. The summed E-state index contributed by atoms with van der Waals surface area (Å²) in [6, 6.07) is 0. The van der Waals surface area contributed by atoms with Gasteiger partial charge in [0.2, 0.25) is 0 Å². The molecule has 2 atom stereocenters. The molecule has 0 bridgehead atoms. The Labute approximate surface area is 135 Å². The predicted molar refractivity (Wildman–Crippen MR) is 91.8 cm³/mol. The lowest BCUT2D eigenvalue weighted by Gasteiger charge is -2.12. The summed E-state index contributed by atoms with van der Waals surface area (Å²) in [6.07, 6.45) is 11.5. The van der Waals surface area contributed by atoms with E-state index in [1.807, 2.05) is 0 Å². The van der Waals surface area contributed by atoms with Crippen LogP contribution in [0.3, 0.4) is 0 Å². The quantitative estimate of drug-likeness (QED) is 0.495. The van der Waals surface area contributed by atoms with Crippen molar-refractivity contribution in [1.29, 1.82) is 0 Å². The van der Waals surface area contributed by atoms with Crippen LogP contribution in [0.15, 0.2) is 34.9 Å². The number of Topliss-reactive ketones (excluding diaryl/α,β-unsaturated/α-hetero) is 1. The van der Waals surface area contributed by atoms with E-state index in [0.717, 1.165) is 31.3 Å². The minimum absolute atomic E-state index is 0.0772. The van der Waals surface area contributed by atoms with Crippen LogP contribution in [-0.4, -0.2) is 17.5 Å². The van der Waals surface area contributed by atoms with E-state index in [9.17, 15) is 4.79 Å². The number of hydrogen-bond donors (Lipinski definition) is 0. The van der Waals surface area contributed by atoms with Crippen molar-refractivity contribution < 1.29 is 9.53 Å². The Balaban J connectivity index is 2.23. The van der Waals surface area contributed by atoms with Crippen molar-refractivity contribution in [2.45, 2.75) is 78.4 Å². The normalized spacial score (nSPS) is 38.0. The minimum Gasteiger partial charge on any atom is -0.362 e. The van der Waals surface area contributed by atoms with E-state index in [-0.39, 0.29) is 23.4 Å². The maximum Gasteiger partial charge on any atom is 0.162 e. The topological polar surface area (TPSA) is 29.6 Å². The number of allylic oxidation sites excluding steroid dienone is 5. The number of ether oxygens (including phenoxy) is 1. The molecule has 0 spiro atoms. The van der Waals surface area contributed by atoms with Gasteiger partial charge in [0, 0.05) is 6.42 Å². The molecule has 22 heavy (non-hydrogen) atoms. The number of carbonyl (C=O) groups excluding carboxylic acids is 1. The van der Waals surface area contributed by atoms with E-state index >= 15 is 0 Å². The lowest BCUT2D eigenvalue weighted by molar-refractivity contribution is -0.115. The van der Waals surface area contributed by atoms with Gasteiger partial charge in [-0.05, 0) is 64.0 Å². The Morgan fingerprint density at radius 1 is 1.18 bits per heavy atom.